The lowest BCUT2D eigenvalue weighted by Crippen LogP contribution is -2.34. The third-order valence-corrected chi connectivity index (χ3v) is 4.89. The molecular weight excluding hydrogens is 384 g/mol. The molecule has 0 aliphatic heterocycles. The number of aromatic hydroxyl groups is 1. The molecule has 0 aliphatic carbocycles. The Morgan fingerprint density at radius 3 is 2.38 bits per heavy atom. The smallest absolute Gasteiger partial charge is 0.261 e. The second-order valence-electron chi connectivity index (χ2n) is 6.49. The fourth-order valence-electron chi connectivity index (χ4n) is 3.29. The van der Waals surface area contributed by atoms with Gasteiger partial charge in [0.25, 0.3) is 5.91 Å². The predicted molar refractivity (Wildman–Crippen MR) is 120 cm³/mol. The Morgan fingerprint density at radius 1 is 0.931 bits per heavy atom. The topological polar surface area (TPSA) is 70.6 Å². The molecule has 4 aromatic rings. The molecule has 3 N–H and O–H groups in total. The summed E-state index contributed by atoms with van der Waals surface area (Å²) in [5, 5.41) is 19.3. The van der Waals surface area contributed by atoms with E-state index in [1.807, 2.05) is 48.5 Å². The minimum Gasteiger partial charge on any atom is -0.507 e. The number of carbonyl (C=O) groups is 1. The highest BCUT2D eigenvalue weighted by molar-refractivity contribution is 7.80. The van der Waals surface area contributed by atoms with Gasteiger partial charge in [-0.15, -0.1) is 0 Å². The molecule has 0 fully saturated rings. The predicted octanol–water partition coefficient (Wildman–Crippen LogP) is 4.83. The van der Waals surface area contributed by atoms with Crippen LogP contribution in [-0.4, -0.2) is 23.2 Å². The van der Waals surface area contributed by atoms with Gasteiger partial charge in [-0.2, -0.15) is 0 Å². The summed E-state index contributed by atoms with van der Waals surface area (Å²) in [5.74, 6) is 0.286. The van der Waals surface area contributed by atoms with E-state index in [1.54, 1.807) is 24.3 Å². The first kappa shape index (κ1) is 18.7. The maximum atomic E-state index is 12.8. The normalized spacial score (nSPS) is 10.7. The fourth-order valence-corrected chi connectivity index (χ4v) is 3.49. The molecule has 0 aliphatic rings. The van der Waals surface area contributed by atoms with E-state index in [0.29, 0.717) is 22.4 Å². The van der Waals surface area contributed by atoms with Crippen molar-refractivity contribution in [3.63, 3.8) is 0 Å². The number of phenols is 1. The number of phenolic OH excluding ortho intramolecular Hbond substituents is 1. The van der Waals surface area contributed by atoms with Gasteiger partial charge in [-0.05, 0) is 47.3 Å². The number of nitrogens with one attached hydrogen (secondary N) is 2. The lowest BCUT2D eigenvalue weighted by atomic mass is 10.1. The molecule has 0 bridgehead atoms. The summed E-state index contributed by atoms with van der Waals surface area (Å²) >= 11 is 5.34. The molecule has 0 spiro atoms. The van der Waals surface area contributed by atoms with E-state index >= 15 is 0 Å². The van der Waals surface area contributed by atoms with Crippen LogP contribution in [0.25, 0.3) is 21.5 Å². The van der Waals surface area contributed by atoms with Crippen LogP contribution in [-0.2, 0) is 0 Å². The Balaban J connectivity index is 1.59. The Bertz CT molecular complexity index is 1250. The van der Waals surface area contributed by atoms with Crippen LogP contribution in [0.5, 0.6) is 11.5 Å². The summed E-state index contributed by atoms with van der Waals surface area (Å²) in [5.41, 5.74) is 1.08. The Morgan fingerprint density at radius 2 is 1.62 bits per heavy atom. The molecule has 4 rings (SSSR count). The first-order chi connectivity index (χ1) is 14.1. The highest BCUT2D eigenvalue weighted by Crippen LogP contribution is 2.30. The number of carbonyl (C=O) groups excluding carboxylic acids is 1. The summed E-state index contributed by atoms with van der Waals surface area (Å²) in [6, 6.07) is 22.1. The molecule has 0 saturated heterocycles. The van der Waals surface area contributed by atoms with Crippen LogP contribution >= 0.6 is 12.2 Å². The zero-order valence-corrected chi connectivity index (χ0v) is 16.4. The molecule has 5 nitrogen and oxygen atoms in total. The number of fused-ring (bicyclic) bond motifs is 2. The van der Waals surface area contributed by atoms with Crippen molar-refractivity contribution in [1.29, 1.82) is 0 Å². The molecule has 0 radical (unpaired) electrons. The number of ether oxygens (including phenoxy) is 1. The maximum absolute atomic E-state index is 12.8. The van der Waals surface area contributed by atoms with Gasteiger partial charge in [-0.3, -0.25) is 10.1 Å². The first-order valence-corrected chi connectivity index (χ1v) is 9.37. The summed E-state index contributed by atoms with van der Waals surface area (Å²) in [6.07, 6.45) is 0. The van der Waals surface area contributed by atoms with Crippen molar-refractivity contribution in [3.05, 3.63) is 78.4 Å². The van der Waals surface area contributed by atoms with Gasteiger partial charge in [0, 0.05) is 16.5 Å². The number of amides is 1. The average molecular weight is 402 g/mol. The van der Waals surface area contributed by atoms with Crippen LogP contribution in [0.1, 0.15) is 10.4 Å². The highest BCUT2D eigenvalue weighted by atomic mass is 32.1. The number of hydrogen-bond acceptors (Lipinski definition) is 4. The number of thiocarbonyl (C=S) groups is 1. The van der Waals surface area contributed by atoms with E-state index in [0.717, 1.165) is 16.2 Å². The molecule has 0 aromatic heterocycles. The monoisotopic (exact) mass is 402 g/mol. The zero-order chi connectivity index (χ0) is 20.4. The van der Waals surface area contributed by atoms with Gasteiger partial charge >= 0.3 is 0 Å². The molecule has 29 heavy (non-hydrogen) atoms. The molecule has 0 saturated carbocycles. The quantitative estimate of drug-likeness (QED) is 0.428. The molecule has 0 heterocycles. The maximum Gasteiger partial charge on any atom is 0.261 e. The van der Waals surface area contributed by atoms with Crippen molar-refractivity contribution in [2.75, 3.05) is 12.4 Å². The van der Waals surface area contributed by atoms with E-state index in [9.17, 15) is 9.90 Å². The van der Waals surface area contributed by atoms with Crippen molar-refractivity contribution < 1.29 is 14.6 Å². The van der Waals surface area contributed by atoms with Gasteiger partial charge in [-0.1, -0.05) is 48.5 Å². The average Bonchev–Trinajstić information content (AvgIpc) is 2.73. The third kappa shape index (κ3) is 3.70. The fraction of sp³-hybridized carbons (Fsp3) is 0.0435. The van der Waals surface area contributed by atoms with Crippen LogP contribution in [0.4, 0.5) is 5.69 Å². The van der Waals surface area contributed by atoms with E-state index < -0.39 is 0 Å². The van der Waals surface area contributed by atoms with Gasteiger partial charge in [0.1, 0.15) is 11.5 Å². The first-order valence-electron chi connectivity index (χ1n) is 8.96. The van der Waals surface area contributed by atoms with Crippen LogP contribution in [0.2, 0.25) is 0 Å². The number of hydrogen-bond donors (Lipinski definition) is 3. The second kappa shape index (κ2) is 7.77. The molecule has 1 amide bonds. The van der Waals surface area contributed by atoms with Gasteiger partial charge in [0.15, 0.2) is 5.11 Å². The van der Waals surface area contributed by atoms with Crippen molar-refractivity contribution in [2.45, 2.75) is 0 Å². The molecule has 144 valence electrons. The van der Waals surface area contributed by atoms with E-state index in [4.69, 9.17) is 17.0 Å². The summed E-state index contributed by atoms with van der Waals surface area (Å²) in [6.45, 7) is 0. The van der Waals surface area contributed by atoms with Crippen molar-refractivity contribution in [1.82, 2.24) is 5.32 Å². The SMILES string of the molecule is COc1cc2ccccc2cc1C(=O)NC(=S)Nc1cccc2c(O)cccc12. The lowest BCUT2D eigenvalue weighted by molar-refractivity contribution is 0.0975. The van der Waals surface area contributed by atoms with Gasteiger partial charge in [0.2, 0.25) is 0 Å². The Labute approximate surface area is 172 Å². The van der Waals surface area contributed by atoms with Crippen LogP contribution < -0.4 is 15.4 Å². The van der Waals surface area contributed by atoms with Crippen molar-refractivity contribution >= 4 is 50.5 Å². The van der Waals surface area contributed by atoms with Crippen LogP contribution in [0.3, 0.4) is 0 Å². The minimum absolute atomic E-state index is 0.154. The summed E-state index contributed by atoms with van der Waals surface area (Å²) in [4.78, 5) is 12.8. The second-order valence-corrected chi connectivity index (χ2v) is 6.89. The summed E-state index contributed by atoms with van der Waals surface area (Å²) in [7, 11) is 1.53. The molecule has 0 atom stereocenters. The van der Waals surface area contributed by atoms with Crippen LogP contribution in [0.15, 0.2) is 72.8 Å². The molecule has 6 heteroatoms. The zero-order valence-electron chi connectivity index (χ0n) is 15.6. The van der Waals surface area contributed by atoms with Gasteiger partial charge in [0.05, 0.1) is 12.7 Å². The summed E-state index contributed by atoms with van der Waals surface area (Å²) < 4.78 is 5.39. The van der Waals surface area contributed by atoms with E-state index in [2.05, 4.69) is 10.6 Å². The number of anilines is 1. The Hall–Kier alpha value is -3.64. The minimum atomic E-state index is -0.367. The van der Waals surface area contributed by atoms with Crippen molar-refractivity contribution in [2.24, 2.45) is 0 Å². The largest absolute Gasteiger partial charge is 0.507 e. The van der Waals surface area contributed by atoms with Crippen molar-refractivity contribution in [3.8, 4) is 11.5 Å². The molecule has 4 aromatic carbocycles. The standard InChI is InChI=1S/C23H18N2O3S/c1-28-21-13-15-7-3-2-6-14(15)12-18(21)22(27)25-23(29)24-19-10-4-9-17-16(19)8-5-11-20(17)26/h2-13,26H,1H3,(H2,24,25,27,29). The van der Waals surface area contributed by atoms with E-state index in [1.165, 1.54) is 7.11 Å². The van der Waals surface area contributed by atoms with E-state index in [-0.39, 0.29) is 16.8 Å². The molecular formula is C23H18N2O3S. The van der Waals surface area contributed by atoms with Crippen LogP contribution in [0, 0.1) is 0 Å². The number of rotatable bonds is 3. The third-order valence-electron chi connectivity index (χ3n) is 4.69. The number of methoxy groups -OCH3 is 1. The number of benzene rings is 4. The van der Waals surface area contributed by atoms with Gasteiger partial charge < -0.3 is 15.2 Å². The highest BCUT2D eigenvalue weighted by Gasteiger charge is 2.15. The molecule has 0 unspecified atom stereocenters. The Kier molecular flexibility index (Phi) is 5.01. The van der Waals surface area contributed by atoms with Gasteiger partial charge in [-0.25, -0.2) is 0 Å². The lowest BCUT2D eigenvalue weighted by Gasteiger charge is -2.14.